The lowest BCUT2D eigenvalue weighted by molar-refractivity contribution is 0.234. The standard InChI is InChI=1S/C18H30N2/c1-13(2)17(14(3)4)11-20-18(12-19)9-15-7-5-6-8-16(15)10-18/h5-8,13-14,17,20H,9-12,19H2,1-4H3. The summed E-state index contributed by atoms with van der Waals surface area (Å²) >= 11 is 0. The second-order valence-corrected chi connectivity index (χ2v) is 7.14. The van der Waals surface area contributed by atoms with E-state index in [1.807, 2.05) is 0 Å². The summed E-state index contributed by atoms with van der Waals surface area (Å²) in [4.78, 5) is 0. The molecule has 2 heteroatoms. The van der Waals surface area contributed by atoms with Crippen LogP contribution < -0.4 is 11.1 Å². The van der Waals surface area contributed by atoms with Gasteiger partial charge in [0.05, 0.1) is 0 Å². The van der Waals surface area contributed by atoms with Crippen LogP contribution in [0.2, 0.25) is 0 Å². The van der Waals surface area contributed by atoms with E-state index in [9.17, 15) is 0 Å². The Hall–Kier alpha value is -0.860. The van der Waals surface area contributed by atoms with Gasteiger partial charge in [-0.3, -0.25) is 0 Å². The number of hydrogen-bond donors (Lipinski definition) is 2. The lowest BCUT2D eigenvalue weighted by Gasteiger charge is -2.34. The Morgan fingerprint density at radius 1 is 1.05 bits per heavy atom. The van der Waals surface area contributed by atoms with Gasteiger partial charge in [-0.15, -0.1) is 0 Å². The molecule has 1 aliphatic rings. The number of nitrogens with two attached hydrogens (primary N) is 1. The summed E-state index contributed by atoms with van der Waals surface area (Å²) in [5.41, 5.74) is 9.14. The first-order valence-electron chi connectivity index (χ1n) is 7.99. The normalized spacial score (nSPS) is 17.2. The van der Waals surface area contributed by atoms with Crippen LogP contribution in [0.4, 0.5) is 0 Å². The van der Waals surface area contributed by atoms with Gasteiger partial charge < -0.3 is 11.1 Å². The summed E-state index contributed by atoms with van der Waals surface area (Å²) in [5.74, 6) is 2.13. The second-order valence-electron chi connectivity index (χ2n) is 7.14. The molecule has 0 saturated carbocycles. The Morgan fingerprint density at radius 2 is 1.55 bits per heavy atom. The van der Waals surface area contributed by atoms with Crippen LogP contribution in [0.15, 0.2) is 24.3 Å². The van der Waals surface area contributed by atoms with Crippen molar-refractivity contribution >= 4 is 0 Å². The third kappa shape index (κ3) is 3.24. The fourth-order valence-corrected chi connectivity index (χ4v) is 3.61. The summed E-state index contributed by atoms with van der Waals surface area (Å²) in [6, 6.07) is 8.76. The van der Waals surface area contributed by atoms with Gasteiger partial charge in [0.1, 0.15) is 0 Å². The van der Waals surface area contributed by atoms with Gasteiger partial charge in [-0.05, 0) is 48.3 Å². The van der Waals surface area contributed by atoms with E-state index in [-0.39, 0.29) is 5.54 Å². The zero-order valence-corrected chi connectivity index (χ0v) is 13.4. The number of fused-ring (bicyclic) bond motifs is 1. The summed E-state index contributed by atoms with van der Waals surface area (Å²) in [5, 5.41) is 3.83. The van der Waals surface area contributed by atoms with Crippen molar-refractivity contribution in [1.82, 2.24) is 5.32 Å². The first-order chi connectivity index (χ1) is 9.47. The van der Waals surface area contributed by atoms with Gasteiger partial charge in [-0.25, -0.2) is 0 Å². The maximum atomic E-state index is 6.12. The van der Waals surface area contributed by atoms with Gasteiger partial charge in [0, 0.05) is 12.1 Å². The van der Waals surface area contributed by atoms with Crippen LogP contribution in [0.1, 0.15) is 38.8 Å². The molecule has 0 saturated heterocycles. The number of hydrogen-bond acceptors (Lipinski definition) is 2. The molecule has 0 bridgehead atoms. The summed E-state index contributed by atoms with van der Waals surface area (Å²) in [6.45, 7) is 11.1. The highest BCUT2D eigenvalue weighted by Crippen LogP contribution is 2.30. The number of rotatable bonds is 6. The minimum absolute atomic E-state index is 0.0751. The predicted molar refractivity (Wildman–Crippen MR) is 86.8 cm³/mol. The maximum absolute atomic E-state index is 6.12. The Kier molecular flexibility index (Phi) is 4.87. The molecule has 1 aromatic rings. The van der Waals surface area contributed by atoms with Gasteiger partial charge in [0.25, 0.3) is 0 Å². The molecule has 0 aromatic heterocycles. The van der Waals surface area contributed by atoms with Crippen molar-refractivity contribution in [3.63, 3.8) is 0 Å². The molecular weight excluding hydrogens is 244 g/mol. The minimum Gasteiger partial charge on any atom is -0.329 e. The van der Waals surface area contributed by atoms with E-state index < -0.39 is 0 Å². The van der Waals surface area contributed by atoms with Crippen molar-refractivity contribution in [2.75, 3.05) is 13.1 Å². The van der Waals surface area contributed by atoms with Crippen LogP contribution in [-0.2, 0) is 12.8 Å². The van der Waals surface area contributed by atoms with Crippen LogP contribution in [0.25, 0.3) is 0 Å². The molecule has 2 rings (SSSR count). The molecule has 0 atom stereocenters. The number of nitrogens with one attached hydrogen (secondary N) is 1. The largest absolute Gasteiger partial charge is 0.329 e. The fourth-order valence-electron chi connectivity index (χ4n) is 3.61. The fraction of sp³-hybridized carbons (Fsp3) is 0.667. The van der Waals surface area contributed by atoms with Crippen LogP contribution in [-0.4, -0.2) is 18.6 Å². The molecule has 0 heterocycles. The molecule has 0 radical (unpaired) electrons. The van der Waals surface area contributed by atoms with E-state index in [0.717, 1.165) is 19.4 Å². The van der Waals surface area contributed by atoms with E-state index >= 15 is 0 Å². The molecule has 1 aliphatic carbocycles. The van der Waals surface area contributed by atoms with Gasteiger partial charge >= 0.3 is 0 Å². The highest BCUT2D eigenvalue weighted by molar-refractivity contribution is 5.36. The summed E-state index contributed by atoms with van der Waals surface area (Å²) in [7, 11) is 0. The molecule has 0 spiro atoms. The van der Waals surface area contributed by atoms with Gasteiger partial charge in [-0.1, -0.05) is 52.0 Å². The van der Waals surface area contributed by atoms with Gasteiger partial charge in [0.2, 0.25) is 0 Å². The first kappa shape index (κ1) is 15.5. The molecule has 112 valence electrons. The Labute approximate surface area is 124 Å². The van der Waals surface area contributed by atoms with Crippen molar-refractivity contribution in [3.05, 3.63) is 35.4 Å². The van der Waals surface area contributed by atoms with E-state index in [1.165, 1.54) is 11.1 Å². The van der Waals surface area contributed by atoms with E-state index in [4.69, 9.17) is 5.73 Å². The molecule has 20 heavy (non-hydrogen) atoms. The molecule has 0 unspecified atom stereocenters. The Morgan fingerprint density at radius 3 is 1.95 bits per heavy atom. The minimum atomic E-state index is 0.0751. The van der Waals surface area contributed by atoms with Gasteiger partial charge in [0.15, 0.2) is 0 Å². The van der Waals surface area contributed by atoms with E-state index in [2.05, 4.69) is 57.3 Å². The topological polar surface area (TPSA) is 38.0 Å². The van der Waals surface area contributed by atoms with Crippen LogP contribution in [0.3, 0.4) is 0 Å². The molecule has 3 N–H and O–H groups in total. The van der Waals surface area contributed by atoms with E-state index in [1.54, 1.807) is 0 Å². The average molecular weight is 274 g/mol. The zero-order valence-electron chi connectivity index (χ0n) is 13.4. The van der Waals surface area contributed by atoms with Crippen LogP contribution in [0.5, 0.6) is 0 Å². The Balaban J connectivity index is 2.04. The first-order valence-corrected chi connectivity index (χ1v) is 7.99. The van der Waals surface area contributed by atoms with Crippen molar-refractivity contribution in [1.29, 1.82) is 0 Å². The SMILES string of the molecule is CC(C)C(CNC1(CN)Cc2ccccc2C1)C(C)C. The molecule has 0 aliphatic heterocycles. The lowest BCUT2D eigenvalue weighted by atomic mass is 9.84. The maximum Gasteiger partial charge on any atom is 0.0385 e. The monoisotopic (exact) mass is 274 g/mol. The Bertz CT molecular complexity index is 404. The quantitative estimate of drug-likeness (QED) is 0.837. The van der Waals surface area contributed by atoms with Crippen molar-refractivity contribution in [3.8, 4) is 0 Å². The second kappa shape index (κ2) is 6.28. The third-order valence-corrected chi connectivity index (χ3v) is 4.99. The predicted octanol–water partition coefficient (Wildman–Crippen LogP) is 3.00. The molecule has 2 nitrogen and oxygen atoms in total. The van der Waals surface area contributed by atoms with E-state index in [0.29, 0.717) is 24.3 Å². The van der Waals surface area contributed by atoms with Crippen molar-refractivity contribution in [2.24, 2.45) is 23.5 Å². The summed E-state index contributed by atoms with van der Waals surface area (Å²) < 4.78 is 0. The highest BCUT2D eigenvalue weighted by atomic mass is 15.0. The summed E-state index contributed by atoms with van der Waals surface area (Å²) in [6.07, 6.45) is 2.14. The molecule has 0 amide bonds. The highest BCUT2D eigenvalue weighted by Gasteiger charge is 2.36. The smallest absolute Gasteiger partial charge is 0.0385 e. The number of benzene rings is 1. The average Bonchev–Trinajstić information content (AvgIpc) is 2.77. The van der Waals surface area contributed by atoms with Crippen molar-refractivity contribution in [2.45, 2.75) is 46.1 Å². The van der Waals surface area contributed by atoms with Gasteiger partial charge in [-0.2, -0.15) is 0 Å². The zero-order chi connectivity index (χ0) is 14.8. The molecular formula is C18H30N2. The molecule has 0 fully saturated rings. The van der Waals surface area contributed by atoms with Crippen LogP contribution >= 0.6 is 0 Å². The third-order valence-electron chi connectivity index (χ3n) is 4.99. The lowest BCUT2D eigenvalue weighted by Crippen LogP contribution is -2.54. The van der Waals surface area contributed by atoms with Crippen molar-refractivity contribution < 1.29 is 0 Å². The molecule has 1 aromatic carbocycles. The van der Waals surface area contributed by atoms with Crippen LogP contribution in [0, 0.1) is 17.8 Å².